The van der Waals surface area contributed by atoms with Crippen LogP contribution in [0.15, 0.2) is 18.5 Å². The maximum atomic E-state index is 13.0. The van der Waals surface area contributed by atoms with Crippen molar-refractivity contribution in [2.45, 2.75) is 32.2 Å². The molecule has 0 saturated carbocycles. The van der Waals surface area contributed by atoms with Crippen molar-refractivity contribution in [1.29, 1.82) is 0 Å². The van der Waals surface area contributed by atoms with E-state index in [-0.39, 0.29) is 5.91 Å². The van der Waals surface area contributed by atoms with Crippen LogP contribution in [0.5, 0.6) is 0 Å². The Kier molecular flexibility index (Phi) is 4.11. The average Bonchev–Trinajstić information content (AvgIpc) is 2.68. The van der Waals surface area contributed by atoms with Crippen LogP contribution in [0.4, 0.5) is 0 Å². The van der Waals surface area contributed by atoms with Crippen molar-refractivity contribution in [3.8, 4) is 0 Å². The minimum atomic E-state index is 0.0618. The third-order valence-corrected chi connectivity index (χ3v) is 4.44. The predicted molar refractivity (Wildman–Crippen MR) is 85.0 cm³/mol. The fourth-order valence-corrected chi connectivity index (χ4v) is 3.13. The van der Waals surface area contributed by atoms with Gasteiger partial charge in [0.25, 0.3) is 5.91 Å². The largest absolute Gasteiger partial charge is 0.336 e. The number of hydrogen-bond acceptors (Lipinski definition) is 4. The molecule has 0 radical (unpaired) electrons. The van der Waals surface area contributed by atoms with E-state index in [1.165, 1.54) is 6.42 Å². The third-order valence-electron chi connectivity index (χ3n) is 4.44. The van der Waals surface area contributed by atoms with Crippen molar-refractivity contribution in [1.82, 2.24) is 24.2 Å². The van der Waals surface area contributed by atoms with Crippen LogP contribution in [0, 0.1) is 6.92 Å². The SMILES string of the molecule is Cc1nc2ncccn2c1C(=O)N1CCCCC(N(C)C)C1. The molecule has 1 atom stereocenters. The summed E-state index contributed by atoms with van der Waals surface area (Å²) in [5.74, 6) is 0.647. The maximum absolute atomic E-state index is 13.0. The number of aryl methyl sites for hydroxylation is 1. The van der Waals surface area contributed by atoms with Crippen molar-refractivity contribution < 1.29 is 4.79 Å². The molecule has 1 aliphatic heterocycles. The zero-order valence-electron chi connectivity index (χ0n) is 13.5. The number of carbonyl (C=O) groups excluding carboxylic acids is 1. The molecule has 1 amide bonds. The fourth-order valence-electron chi connectivity index (χ4n) is 3.13. The Morgan fingerprint density at radius 2 is 2.18 bits per heavy atom. The summed E-state index contributed by atoms with van der Waals surface area (Å²) in [6.45, 7) is 3.47. The Bertz CT molecular complexity index is 678. The van der Waals surface area contributed by atoms with Gasteiger partial charge in [0.15, 0.2) is 0 Å². The van der Waals surface area contributed by atoms with E-state index in [0.717, 1.165) is 31.6 Å². The number of likely N-dealkylation sites (tertiary alicyclic amines) is 1. The number of rotatable bonds is 2. The molecular weight excluding hydrogens is 278 g/mol. The van der Waals surface area contributed by atoms with E-state index in [4.69, 9.17) is 0 Å². The Labute approximate surface area is 130 Å². The number of likely N-dealkylation sites (N-methyl/N-ethyl adjacent to an activating group) is 1. The first-order valence-electron chi connectivity index (χ1n) is 7.83. The molecule has 1 unspecified atom stereocenters. The molecule has 1 fully saturated rings. The van der Waals surface area contributed by atoms with E-state index in [2.05, 4.69) is 29.0 Å². The van der Waals surface area contributed by atoms with Crippen LogP contribution >= 0.6 is 0 Å². The van der Waals surface area contributed by atoms with Crippen LogP contribution in [-0.4, -0.2) is 63.3 Å². The molecule has 0 aliphatic carbocycles. The quantitative estimate of drug-likeness (QED) is 0.845. The fraction of sp³-hybridized carbons (Fsp3) is 0.562. The van der Waals surface area contributed by atoms with Crippen molar-refractivity contribution in [2.24, 2.45) is 0 Å². The standard InChI is InChI=1S/C16H23N5O/c1-12-14(21-10-6-8-17-16(21)18-12)15(22)20-9-5-4-7-13(11-20)19(2)3/h6,8,10,13H,4-5,7,9,11H2,1-3H3. The topological polar surface area (TPSA) is 53.7 Å². The average molecular weight is 301 g/mol. The van der Waals surface area contributed by atoms with Gasteiger partial charge in [-0.2, -0.15) is 0 Å². The molecule has 22 heavy (non-hydrogen) atoms. The Morgan fingerprint density at radius 3 is 2.95 bits per heavy atom. The maximum Gasteiger partial charge on any atom is 0.272 e. The van der Waals surface area contributed by atoms with Gasteiger partial charge in [0.2, 0.25) is 5.78 Å². The lowest BCUT2D eigenvalue weighted by Crippen LogP contribution is -2.42. The Balaban J connectivity index is 1.93. The number of imidazole rings is 1. The summed E-state index contributed by atoms with van der Waals surface area (Å²) in [4.78, 5) is 25.9. The van der Waals surface area contributed by atoms with Gasteiger partial charge in [-0.1, -0.05) is 6.42 Å². The van der Waals surface area contributed by atoms with Crippen LogP contribution in [0.1, 0.15) is 35.4 Å². The Morgan fingerprint density at radius 1 is 1.36 bits per heavy atom. The van der Waals surface area contributed by atoms with Crippen LogP contribution in [-0.2, 0) is 0 Å². The van der Waals surface area contributed by atoms with Crippen LogP contribution in [0.3, 0.4) is 0 Å². The zero-order chi connectivity index (χ0) is 15.7. The molecule has 0 aromatic carbocycles. The molecule has 2 aromatic rings. The monoisotopic (exact) mass is 301 g/mol. The van der Waals surface area contributed by atoms with Crippen LogP contribution in [0.2, 0.25) is 0 Å². The zero-order valence-corrected chi connectivity index (χ0v) is 13.5. The highest BCUT2D eigenvalue weighted by Gasteiger charge is 2.27. The van der Waals surface area contributed by atoms with Gasteiger partial charge in [-0.25, -0.2) is 9.97 Å². The highest BCUT2D eigenvalue weighted by molar-refractivity contribution is 5.94. The summed E-state index contributed by atoms with van der Waals surface area (Å²) in [7, 11) is 4.17. The number of nitrogens with zero attached hydrogens (tertiary/aromatic N) is 5. The summed E-state index contributed by atoms with van der Waals surface area (Å²) in [6, 6.07) is 2.25. The second-order valence-electron chi connectivity index (χ2n) is 6.20. The van der Waals surface area contributed by atoms with Gasteiger partial charge in [-0.3, -0.25) is 9.20 Å². The number of fused-ring (bicyclic) bond motifs is 1. The van der Waals surface area contributed by atoms with E-state index in [9.17, 15) is 4.79 Å². The third kappa shape index (κ3) is 2.70. The molecule has 6 heteroatoms. The molecule has 1 saturated heterocycles. The van der Waals surface area contributed by atoms with E-state index in [0.29, 0.717) is 17.5 Å². The molecule has 118 valence electrons. The minimum Gasteiger partial charge on any atom is -0.336 e. The van der Waals surface area contributed by atoms with Gasteiger partial charge in [0.1, 0.15) is 5.69 Å². The highest BCUT2D eigenvalue weighted by Crippen LogP contribution is 2.18. The number of amides is 1. The molecule has 3 rings (SSSR count). The van der Waals surface area contributed by atoms with Crippen molar-refractivity contribution in [3.63, 3.8) is 0 Å². The van der Waals surface area contributed by atoms with Gasteiger partial charge in [-0.15, -0.1) is 0 Å². The van der Waals surface area contributed by atoms with Crippen LogP contribution in [0.25, 0.3) is 5.78 Å². The lowest BCUT2D eigenvalue weighted by molar-refractivity contribution is 0.0718. The van der Waals surface area contributed by atoms with Crippen LogP contribution < -0.4 is 0 Å². The van der Waals surface area contributed by atoms with E-state index >= 15 is 0 Å². The van der Waals surface area contributed by atoms with E-state index < -0.39 is 0 Å². The lowest BCUT2D eigenvalue weighted by atomic mass is 10.1. The summed E-state index contributed by atoms with van der Waals surface area (Å²) in [6.07, 6.45) is 6.93. The Hall–Kier alpha value is -1.95. The van der Waals surface area contributed by atoms with Crippen molar-refractivity contribution in [2.75, 3.05) is 27.2 Å². The normalized spacial score (nSPS) is 19.6. The van der Waals surface area contributed by atoms with Gasteiger partial charge in [0.05, 0.1) is 5.69 Å². The van der Waals surface area contributed by atoms with E-state index in [1.807, 2.05) is 24.1 Å². The van der Waals surface area contributed by atoms with Gasteiger partial charge in [-0.05, 0) is 39.9 Å². The summed E-state index contributed by atoms with van der Waals surface area (Å²) in [5.41, 5.74) is 1.39. The van der Waals surface area contributed by atoms with Gasteiger partial charge in [0, 0.05) is 31.5 Å². The summed E-state index contributed by atoms with van der Waals surface area (Å²) >= 11 is 0. The molecule has 2 aromatic heterocycles. The molecule has 0 spiro atoms. The molecule has 1 aliphatic rings. The van der Waals surface area contributed by atoms with Crippen molar-refractivity contribution >= 4 is 11.7 Å². The van der Waals surface area contributed by atoms with E-state index in [1.54, 1.807) is 10.6 Å². The molecule has 3 heterocycles. The summed E-state index contributed by atoms with van der Waals surface area (Å²) in [5, 5.41) is 0. The number of hydrogen-bond donors (Lipinski definition) is 0. The number of carbonyl (C=O) groups is 1. The number of aromatic nitrogens is 3. The molecule has 0 bridgehead atoms. The highest BCUT2D eigenvalue weighted by atomic mass is 16.2. The minimum absolute atomic E-state index is 0.0618. The molecular formula is C16H23N5O. The second kappa shape index (κ2) is 6.04. The lowest BCUT2D eigenvalue weighted by Gasteiger charge is -2.28. The van der Waals surface area contributed by atoms with Crippen molar-refractivity contribution in [3.05, 3.63) is 29.8 Å². The molecule has 6 nitrogen and oxygen atoms in total. The van der Waals surface area contributed by atoms with Gasteiger partial charge < -0.3 is 9.80 Å². The predicted octanol–water partition coefficient (Wildman–Crippen LogP) is 1.59. The first-order valence-corrected chi connectivity index (χ1v) is 7.83. The molecule has 0 N–H and O–H groups in total. The first kappa shape index (κ1) is 15.0. The second-order valence-corrected chi connectivity index (χ2v) is 6.20. The first-order chi connectivity index (χ1) is 10.6. The summed E-state index contributed by atoms with van der Waals surface area (Å²) < 4.78 is 1.80. The van der Waals surface area contributed by atoms with Gasteiger partial charge >= 0.3 is 0 Å². The smallest absolute Gasteiger partial charge is 0.272 e.